The first-order valence-corrected chi connectivity index (χ1v) is 11.4. The monoisotopic (exact) mass is 494 g/mol. The Labute approximate surface area is 204 Å². The molecule has 1 fully saturated rings. The molecule has 4 aliphatic rings. The molecule has 5 atom stereocenters. The predicted molar refractivity (Wildman–Crippen MR) is 123 cm³/mol. The van der Waals surface area contributed by atoms with Crippen LogP contribution in [0.15, 0.2) is 24.0 Å². The van der Waals surface area contributed by atoms with E-state index in [2.05, 4.69) is 4.90 Å². The quantitative estimate of drug-likeness (QED) is 0.489. The number of aliphatic hydroxyl groups is 2. The summed E-state index contributed by atoms with van der Waals surface area (Å²) < 4.78 is 17.2. The lowest BCUT2D eigenvalue weighted by atomic mass is 9.50. The van der Waals surface area contributed by atoms with Crippen LogP contribution < -0.4 is 10.5 Å². The maximum absolute atomic E-state index is 12.8. The largest absolute Gasteiger partial charge is 0.481 e. The smallest absolute Gasteiger partial charge is 0.352 e. The van der Waals surface area contributed by atoms with E-state index in [0.29, 0.717) is 36.3 Å². The Kier molecular flexibility index (Phi) is 6.46. The molecule has 1 aromatic carbocycles. The number of nitrogens with zero attached hydrogens (tertiary/aromatic N) is 1. The molecule has 0 saturated carbocycles. The van der Waals surface area contributed by atoms with Crippen LogP contribution in [0.2, 0.25) is 0 Å². The van der Waals surface area contributed by atoms with Gasteiger partial charge in [0, 0.05) is 30.1 Å². The lowest BCUT2D eigenvalue weighted by Gasteiger charge is -2.61. The number of piperidine rings is 1. The van der Waals surface area contributed by atoms with Gasteiger partial charge < -0.3 is 35.1 Å². The molecule has 2 heterocycles. The minimum absolute atomic E-state index is 0. The maximum Gasteiger partial charge on any atom is 0.352 e. The first-order valence-electron chi connectivity index (χ1n) is 11.4. The summed E-state index contributed by atoms with van der Waals surface area (Å²) in [6, 6.07) is 3.75. The normalized spacial score (nSPS) is 31.4. The summed E-state index contributed by atoms with van der Waals surface area (Å²) >= 11 is 0. The Morgan fingerprint density at radius 2 is 2.15 bits per heavy atom. The number of likely N-dealkylation sites (N-methyl/N-ethyl adjacent to an activating group) is 1. The molecule has 2 aliphatic carbocycles. The van der Waals surface area contributed by atoms with E-state index in [1.54, 1.807) is 6.08 Å². The third kappa shape index (κ3) is 3.29. The second-order valence-corrected chi connectivity index (χ2v) is 9.49. The van der Waals surface area contributed by atoms with Gasteiger partial charge >= 0.3 is 11.9 Å². The number of hydrogen-bond acceptors (Lipinski definition) is 9. The fraction of sp³-hybridized carbons (Fsp3) is 0.583. The highest BCUT2D eigenvalue weighted by atomic mass is 35.5. The van der Waals surface area contributed by atoms with Gasteiger partial charge in [0.15, 0.2) is 12.2 Å². The Morgan fingerprint density at radius 3 is 2.85 bits per heavy atom. The third-order valence-electron chi connectivity index (χ3n) is 7.83. The first-order chi connectivity index (χ1) is 15.8. The van der Waals surface area contributed by atoms with Crippen LogP contribution in [0.3, 0.4) is 0 Å². The van der Waals surface area contributed by atoms with Crippen molar-refractivity contribution in [1.29, 1.82) is 0 Å². The van der Waals surface area contributed by atoms with Crippen LogP contribution >= 0.6 is 12.4 Å². The molecule has 34 heavy (non-hydrogen) atoms. The maximum atomic E-state index is 12.8. The van der Waals surface area contributed by atoms with Gasteiger partial charge in [0.05, 0.1) is 24.0 Å². The standard InChI is InChI=1S/C24H30N2O7.ClH/c1-13(31-18(28)6-9-25)22(29)32-16-5-7-24(30)17-11-14-3-4-15(12-27)20-19(14)23(24,21(16)33-20)8-10-26(17)2;/h3-5,13,17,21,27,30H,6-12,25H2,1-2H3;1H/t13-,17+,21-,23-,24+;/m0./s1. The summed E-state index contributed by atoms with van der Waals surface area (Å²) in [4.78, 5) is 26.7. The van der Waals surface area contributed by atoms with E-state index in [4.69, 9.17) is 19.9 Å². The second-order valence-electron chi connectivity index (χ2n) is 9.49. The van der Waals surface area contributed by atoms with Crippen LogP contribution in [0.5, 0.6) is 5.75 Å². The van der Waals surface area contributed by atoms with Gasteiger partial charge in [-0.2, -0.15) is 0 Å². The summed E-state index contributed by atoms with van der Waals surface area (Å²) in [6.45, 7) is 2.14. The van der Waals surface area contributed by atoms with Gasteiger partial charge in [-0.1, -0.05) is 12.1 Å². The SMILES string of the molecule is C[C@H](OC(=O)CCN)C(=O)OC1=CC[C@@]2(O)[C@H]3Cc4ccc(CO)c5c4[C@@]2(CCN3C)[C@H]1O5.Cl. The number of esters is 2. The lowest BCUT2D eigenvalue weighted by Crippen LogP contribution is -2.74. The molecular formula is C24H31ClN2O7. The van der Waals surface area contributed by atoms with Crippen molar-refractivity contribution >= 4 is 24.3 Å². The molecule has 186 valence electrons. The molecule has 0 aromatic heterocycles. The van der Waals surface area contributed by atoms with E-state index < -0.39 is 35.2 Å². The Morgan fingerprint density at radius 1 is 1.38 bits per heavy atom. The second kappa shape index (κ2) is 8.80. The Bertz CT molecular complexity index is 1050. The lowest BCUT2D eigenvalue weighted by molar-refractivity contribution is -0.175. The number of nitrogens with two attached hydrogens (primary N) is 1. The van der Waals surface area contributed by atoms with Gasteiger partial charge in [-0.05, 0) is 45.0 Å². The van der Waals surface area contributed by atoms with Gasteiger partial charge in [0.1, 0.15) is 11.5 Å². The summed E-state index contributed by atoms with van der Waals surface area (Å²) in [5.74, 6) is -0.397. The number of carbonyl (C=O) groups excluding carboxylic acids is 2. The fourth-order valence-corrected chi connectivity index (χ4v) is 6.25. The zero-order valence-corrected chi connectivity index (χ0v) is 20.1. The molecule has 2 bridgehead atoms. The highest BCUT2D eigenvalue weighted by Gasteiger charge is 2.71. The highest BCUT2D eigenvalue weighted by Crippen LogP contribution is 2.64. The van der Waals surface area contributed by atoms with E-state index in [0.717, 1.165) is 17.7 Å². The summed E-state index contributed by atoms with van der Waals surface area (Å²) in [6.07, 6.45) is 1.50. The molecule has 9 nitrogen and oxygen atoms in total. The minimum atomic E-state index is -1.11. The summed E-state index contributed by atoms with van der Waals surface area (Å²) in [5, 5.41) is 22.1. The zero-order chi connectivity index (χ0) is 23.5. The van der Waals surface area contributed by atoms with Crippen molar-refractivity contribution in [1.82, 2.24) is 4.90 Å². The van der Waals surface area contributed by atoms with Crippen LogP contribution in [-0.4, -0.2) is 71.0 Å². The average molecular weight is 495 g/mol. The van der Waals surface area contributed by atoms with Crippen molar-refractivity contribution in [2.75, 3.05) is 20.1 Å². The van der Waals surface area contributed by atoms with Gasteiger partial charge in [-0.3, -0.25) is 4.79 Å². The van der Waals surface area contributed by atoms with E-state index in [9.17, 15) is 19.8 Å². The third-order valence-corrected chi connectivity index (χ3v) is 7.83. The zero-order valence-electron chi connectivity index (χ0n) is 19.3. The van der Waals surface area contributed by atoms with Crippen LogP contribution in [0, 0.1) is 0 Å². The molecular weight excluding hydrogens is 464 g/mol. The van der Waals surface area contributed by atoms with Crippen molar-refractivity contribution in [3.05, 3.63) is 40.7 Å². The summed E-state index contributed by atoms with van der Waals surface area (Å²) in [7, 11) is 2.02. The van der Waals surface area contributed by atoms with Gasteiger partial charge in [0.25, 0.3) is 0 Å². The molecule has 1 aromatic rings. The number of hydrogen-bond donors (Lipinski definition) is 3. The molecule has 0 amide bonds. The number of carbonyl (C=O) groups is 2. The van der Waals surface area contributed by atoms with E-state index in [1.165, 1.54) is 6.92 Å². The molecule has 0 radical (unpaired) electrons. The summed E-state index contributed by atoms with van der Waals surface area (Å²) in [5.41, 5.74) is 6.13. The number of likely N-dealkylation sites (tertiary alicyclic amines) is 1. The number of aliphatic hydroxyl groups excluding tert-OH is 1. The van der Waals surface area contributed by atoms with E-state index in [-0.39, 0.29) is 38.0 Å². The number of halogens is 1. The minimum Gasteiger partial charge on any atom is -0.481 e. The Balaban J connectivity index is 0.00000274. The topological polar surface area (TPSA) is 132 Å². The van der Waals surface area contributed by atoms with Crippen LogP contribution in [0.1, 0.15) is 42.9 Å². The molecule has 10 heteroatoms. The molecule has 4 N–H and O–H groups in total. The predicted octanol–water partition coefficient (Wildman–Crippen LogP) is 0.702. The van der Waals surface area contributed by atoms with Crippen LogP contribution in [0.25, 0.3) is 0 Å². The van der Waals surface area contributed by atoms with Gasteiger partial charge in [0.2, 0.25) is 0 Å². The molecule has 2 aliphatic heterocycles. The van der Waals surface area contributed by atoms with Crippen molar-refractivity contribution in [2.45, 2.75) is 68.5 Å². The van der Waals surface area contributed by atoms with Crippen molar-refractivity contribution < 1.29 is 34.0 Å². The van der Waals surface area contributed by atoms with Crippen LogP contribution in [-0.2, 0) is 37.5 Å². The molecule has 1 saturated heterocycles. The number of benzene rings is 1. The van der Waals surface area contributed by atoms with Crippen molar-refractivity contribution in [3.8, 4) is 5.75 Å². The number of rotatable bonds is 6. The van der Waals surface area contributed by atoms with E-state index >= 15 is 0 Å². The van der Waals surface area contributed by atoms with Gasteiger partial charge in [-0.15, -0.1) is 12.4 Å². The van der Waals surface area contributed by atoms with Crippen LogP contribution in [0.4, 0.5) is 0 Å². The van der Waals surface area contributed by atoms with Crippen molar-refractivity contribution in [2.24, 2.45) is 5.73 Å². The average Bonchev–Trinajstić information content (AvgIpc) is 3.13. The van der Waals surface area contributed by atoms with Crippen molar-refractivity contribution in [3.63, 3.8) is 0 Å². The number of ether oxygens (including phenoxy) is 3. The van der Waals surface area contributed by atoms with E-state index in [1.807, 2.05) is 19.2 Å². The molecule has 0 unspecified atom stereocenters. The fourth-order valence-electron chi connectivity index (χ4n) is 6.25. The first kappa shape index (κ1) is 24.9. The highest BCUT2D eigenvalue weighted by molar-refractivity contribution is 5.85. The van der Waals surface area contributed by atoms with Gasteiger partial charge in [-0.25, -0.2) is 4.79 Å². The molecule has 5 rings (SSSR count). The molecule has 1 spiro atoms. The Hall–Kier alpha value is -2.17.